The normalized spacial score (nSPS) is 25.8. The Kier molecular flexibility index (Phi) is 7.76. The third-order valence-corrected chi connectivity index (χ3v) is 5.40. The lowest BCUT2D eigenvalue weighted by molar-refractivity contribution is -0.205. The molecule has 0 aromatic rings. The molecule has 0 unspecified atom stereocenters. The number of hydrogen-bond acceptors (Lipinski definition) is 9. The van der Waals surface area contributed by atoms with E-state index in [0.29, 0.717) is 5.57 Å². The van der Waals surface area contributed by atoms with Gasteiger partial charge in [0.05, 0.1) is 5.75 Å². The van der Waals surface area contributed by atoms with E-state index in [-0.39, 0.29) is 18.8 Å². The summed E-state index contributed by atoms with van der Waals surface area (Å²) in [6.45, 7) is 8.25. The zero-order chi connectivity index (χ0) is 20.1. The number of hydrogen-bond donors (Lipinski definition) is 0. The van der Waals surface area contributed by atoms with E-state index in [1.54, 1.807) is 6.92 Å². The fourth-order valence-corrected chi connectivity index (χ4v) is 4.23. The van der Waals surface area contributed by atoms with Crippen molar-refractivity contribution in [3.63, 3.8) is 0 Å². The zero-order valence-corrected chi connectivity index (χ0v) is 16.0. The van der Waals surface area contributed by atoms with Crippen molar-refractivity contribution in [2.45, 2.75) is 57.9 Å². The Labute approximate surface area is 152 Å². The van der Waals surface area contributed by atoms with Gasteiger partial charge in [0.2, 0.25) is 0 Å². The lowest BCUT2D eigenvalue weighted by Gasteiger charge is -2.39. The van der Waals surface area contributed by atoms with Crippen LogP contribution in [0.2, 0.25) is 0 Å². The van der Waals surface area contributed by atoms with E-state index in [1.807, 2.05) is 0 Å². The Morgan fingerprint density at radius 3 is 2.08 bits per heavy atom. The monoisotopic (exact) mass is 392 g/mol. The van der Waals surface area contributed by atoms with Gasteiger partial charge in [-0.05, 0) is 6.92 Å². The summed E-state index contributed by atoms with van der Waals surface area (Å²) in [4.78, 5) is 33.9. The molecule has 0 spiro atoms. The molecule has 0 bridgehead atoms. The lowest BCUT2D eigenvalue weighted by Crippen LogP contribution is -2.55. The van der Waals surface area contributed by atoms with Crippen LogP contribution in [0, 0.1) is 0 Å². The first-order chi connectivity index (χ1) is 11.9. The van der Waals surface area contributed by atoms with Crippen molar-refractivity contribution in [1.82, 2.24) is 0 Å². The van der Waals surface area contributed by atoms with Gasteiger partial charge in [-0.1, -0.05) is 12.2 Å². The molecule has 1 aliphatic heterocycles. The number of esters is 3. The minimum absolute atomic E-state index is 0.219. The van der Waals surface area contributed by atoms with E-state index in [2.05, 4.69) is 6.58 Å². The largest absolute Gasteiger partial charge is 0.463 e. The van der Waals surface area contributed by atoms with E-state index < -0.39 is 51.5 Å². The van der Waals surface area contributed by atoms with Gasteiger partial charge < -0.3 is 18.9 Å². The van der Waals surface area contributed by atoms with Gasteiger partial charge in [-0.25, -0.2) is 8.42 Å². The first-order valence-electron chi connectivity index (χ1n) is 7.91. The topological polar surface area (TPSA) is 122 Å². The van der Waals surface area contributed by atoms with Gasteiger partial charge in [0.1, 0.15) is 18.8 Å². The Morgan fingerprint density at radius 2 is 1.62 bits per heavy atom. The molecule has 0 radical (unpaired) electrons. The van der Waals surface area contributed by atoms with Crippen molar-refractivity contribution >= 4 is 27.7 Å². The molecule has 0 N–H and O–H groups in total. The molecule has 10 heteroatoms. The highest BCUT2D eigenvalue weighted by atomic mass is 32.2. The van der Waals surface area contributed by atoms with Crippen molar-refractivity contribution in [3.05, 3.63) is 12.2 Å². The Morgan fingerprint density at radius 1 is 1.04 bits per heavy atom. The quantitative estimate of drug-likeness (QED) is 0.346. The molecule has 4 atom stereocenters. The molecule has 1 fully saturated rings. The molecular formula is C16H24O9S. The van der Waals surface area contributed by atoms with E-state index in [1.165, 1.54) is 6.92 Å². The van der Waals surface area contributed by atoms with Crippen LogP contribution in [0.1, 0.15) is 34.1 Å². The SMILES string of the molecule is C=C(C)CS(=O)(=O)[C@H]1C[C@@H](OC(C)=O)[C@H](OC(C)=O)[C@@H](COC(C)=O)O1. The molecule has 1 saturated heterocycles. The summed E-state index contributed by atoms with van der Waals surface area (Å²) in [7, 11) is -3.77. The molecule has 0 aromatic carbocycles. The Bertz CT molecular complexity index is 667. The first-order valence-corrected chi connectivity index (χ1v) is 9.63. The Hall–Kier alpha value is -1.94. The summed E-state index contributed by atoms with van der Waals surface area (Å²) < 4.78 is 45.7. The van der Waals surface area contributed by atoms with Crippen molar-refractivity contribution in [2.24, 2.45) is 0 Å². The molecule has 0 aromatic heterocycles. The molecule has 26 heavy (non-hydrogen) atoms. The first kappa shape index (κ1) is 22.1. The summed E-state index contributed by atoms with van der Waals surface area (Å²) in [6, 6.07) is 0. The molecule has 1 rings (SSSR count). The van der Waals surface area contributed by atoms with Gasteiger partial charge in [0.25, 0.3) is 0 Å². The molecule has 1 heterocycles. The molecule has 9 nitrogen and oxygen atoms in total. The van der Waals surface area contributed by atoms with Crippen molar-refractivity contribution in [1.29, 1.82) is 0 Å². The fourth-order valence-electron chi connectivity index (χ4n) is 2.56. The smallest absolute Gasteiger partial charge is 0.303 e. The molecular weight excluding hydrogens is 368 g/mol. The van der Waals surface area contributed by atoms with Crippen molar-refractivity contribution in [3.8, 4) is 0 Å². The van der Waals surface area contributed by atoms with Crippen LogP contribution >= 0.6 is 0 Å². The van der Waals surface area contributed by atoms with Crippen LogP contribution in [0.4, 0.5) is 0 Å². The zero-order valence-electron chi connectivity index (χ0n) is 15.2. The van der Waals surface area contributed by atoms with Crippen molar-refractivity contribution in [2.75, 3.05) is 12.4 Å². The Balaban J connectivity index is 3.16. The van der Waals surface area contributed by atoms with Crippen LogP contribution in [-0.2, 0) is 43.2 Å². The second-order valence-electron chi connectivity index (χ2n) is 6.13. The average Bonchev–Trinajstić information content (AvgIpc) is 2.44. The summed E-state index contributed by atoms with van der Waals surface area (Å²) in [5.41, 5.74) is -0.910. The van der Waals surface area contributed by atoms with E-state index in [4.69, 9.17) is 18.9 Å². The van der Waals surface area contributed by atoms with Gasteiger partial charge in [-0.3, -0.25) is 14.4 Å². The summed E-state index contributed by atoms with van der Waals surface area (Å²) in [5.74, 6) is -2.28. The maximum Gasteiger partial charge on any atom is 0.303 e. The van der Waals surface area contributed by atoms with Crippen LogP contribution in [0.3, 0.4) is 0 Å². The highest BCUT2D eigenvalue weighted by molar-refractivity contribution is 7.92. The van der Waals surface area contributed by atoms with E-state index in [9.17, 15) is 22.8 Å². The average molecular weight is 392 g/mol. The van der Waals surface area contributed by atoms with E-state index >= 15 is 0 Å². The minimum atomic E-state index is -3.77. The lowest BCUT2D eigenvalue weighted by atomic mass is 10.0. The van der Waals surface area contributed by atoms with Gasteiger partial charge in [-0.2, -0.15) is 0 Å². The third kappa shape index (κ3) is 6.75. The molecule has 0 saturated carbocycles. The van der Waals surface area contributed by atoms with Crippen molar-refractivity contribution < 1.29 is 41.7 Å². The van der Waals surface area contributed by atoms with Crippen LogP contribution < -0.4 is 0 Å². The van der Waals surface area contributed by atoms with Crippen LogP contribution in [-0.4, -0.2) is 62.4 Å². The number of sulfone groups is 1. The second-order valence-corrected chi connectivity index (χ2v) is 8.27. The summed E-state index contributed by atoms with van der Waals surface area (Å²) in [5, 5.41) is 0. The number of carbonyl (C=O) groups is 3. The van der Waals surface area contributed by atoms with Gasteiger partial charge >= 0.3 is 17.9 Å². The van der Waals surface area contributed by atoms with Crippen LogP contribution in [0.15, 0.2) is 12.2 Å². The maximum atomic E-state index is 12.5. The molecule has 0 amide bonds. The van der Waals surface area contributed by atoms with Gasteiger partial charge in [-0.15, -0.1) is 0 Å². The summed E-state index contributed by atoms with van der Waals surface area (Å²) >= 11 is 0. The third-order valence-electron chi connectivity index (χ3n) is 3.40. The molecule has 0 aliphatic carbocycles. The highest BCUT2D eigenvalue weighted by Crippen LogP contribution is 2.29. The van der Waals surface area contributed by atoms with E-state index in [0.717, 1.165) is 13.8 Å². The number of rotatable bonds is 7. The van der Waals surface area contributed by atoms with Gasteiger partial charge in [0, 0.05) is 27.2 Å². The highest BCUT2D eigenvalue weighted by Gasteiger charge is 2.47. The minimum Gasteiger partial charge on any atom is -0.463 e. The molecule has 148 valence electrons. The fraction of sp³-hybridized carbons (Fsp3) is 0.688. The standard InChI is InChI=1S/C16H24O9S/c1-9(2)8-26(20,21)15-6-13(23-11(4)18)16(24-12(5)19)14(25-15)7-22-10(3)17/h13-16H,1,6-8H2,2-5H3/t13-,14-,15+,16+/m1/s1. The maximum absolute atomic E-state index is 12.5. The number of carbonyl (C=O) groups excluding carboxylic acids is 3. The van der Waals surface area contributed by atoms with Crippen LogP contribution in [0.5, 0.6) is 0 Å². The second kappa shape index (κ2) is 9.13. The van der Waals surface area contributed by atoms with Gasteiger partial charge in [0.15, 0.2) is 21.4 Å². The predicted octanol–water partition coefficient (Wildman–Crippen LogP) is 0.519. The number of ether oxygens (including phenoxy) is 4. The predicted molar refractivity (Wildman–Crippen MR) is 89.6 cm³/mol. The summed E-state index contributed by atoms with van der Waals surface area (Å²) in [6.07, 6.45) is -3.49. The van der Waals surface area contributed by atoms with Crippen LogP contribution in [0.25, 0.3) is 0 Å². The molecule has 1 aliphatic rings.